The van der Waals surface area contributed by atoms with Gasteiger partial charge in [0.2, 0.25) is 5.88 Å². The van der Waals surface area contributed by atoms with Crippen molar-refractivity contribution in [1.29, 1.82) is 0 Å². The molecule has 0 aliphatic rings. The van der Waals surface area contributed by atoms with E-state index in [9.17, 15) is 0 Å². The summed E-state index contributed by atoms with van der Waals surface area (Å²) >= 11 is 0. The molecule has 2 rings (SSSR count). The minimum Gasteiger partial charge on any atom is -0.475 e. The zero-order valence-corrected chi connectivity index (χ0v) is 9.92. The summed E-state index contributed by atoms with van der Waals surface area (Å²) in [5, 5.41) is 0. The zero-order chi connectivity index (χ0) is 12.3. The highest BCUT2D eigenvalue weighted by molar-refractivity contribution is 5.57. The summed E-state index contributed by atoms with van der Waals surface area (Å²) in [6, 6.07) is 11.3. The number of nitrogen functional groups attached to an aromatic ring is 1. The molecular weight excluding hydrogens is 214 g/mol. The van der Waals surface area contributed by atoms with Crippen molar-refractivity contribution in [3.05, 3.63) is 36.4 Å². The lowest BCUT2D eigenvalue weighted by Gasteiger charge is -2.10. The van der Waals surface area contributed by atoms with Gasteiger partial charge in [-0.25, -0.2) is 4.98 Å². The van der Waals surface area contributed by atoms with Gasteiger partial charge in [-0.15, -0.1) is 0 Å². The van der Waals surface area contributed by atoms with E-state index in [1.165, 1.54) is 0 Å². The van der Waals surface area contributed by atoms with Crippen molar-refractivity contribution >= 4 is 5.82 Å². The Kier molecular flexibility index (Phi) is 3.23. The molecule has 0 unspecified atom stereocenters. The van der Waals surface area contributed by atoms with Crippen molar-refractivity contribution < 1.29 is 4.74 Å². The minimum atomic E-state index is 0.0629. The van der Waals surface area contributed by atoms with Gasteiger partial charge in [-0.05, 0) is 13.8 Å². The molecule has 1 heterocycles. The van der Waals surface area contributed by atoms with Gasteiger partial charge in [0.15, 0.2) is 5.82 Å². The second-order valence-corrected chi connectivity index (χ2v) is 3.99. The summed E-state index contributed by atoms with van der Waals surface area (Å²) in [7, 11) is 0. The predicted molar refractivity (Wildman–Crippen MR) is 67.6 cm³/mol. The van der Waals surface area contributed by atoms with Crippen LogP contribution in [-0.4, -0.2) is 16.1 Å². The van der Waals surface area contributed by atoms with Gasteiger partial charge in [0.25, 0.3) is 0 Å². The highest BCUT2D eigenvalue weighted by Crippen LogP contribution is 2.20. The molecule has 0 atom stereocenters. The van der Waals surface area contributed by atoms with Gasteiger partial charge in [0.1, 0.15) is 5.82 Å². The number of hydrogen-bond acceptors (Lipinski definition) is 4. The molecule has 0 aliphatic heterocycles. The molecule has 17 heavy (non-hydrogen) atoms. The Bertz CT molecular complexity index is 497. The van der Waals surface area contributed by atoms with Crippen molar-refractivity contribution in [2.45, 2.75) is 20.0 Å². The highest BCUT2D eigenvalue weighted by atomic mass is 16.5. The van der Waals surface area contributed by atoms with Gasteiger partial charge < -0.3 is 10.5 Å². The van der Waals surface area contributed by atoms with E-state index in [1.54, 1.807) is 6.07 Å². The van der Waals surface area contributed by atoms with Gasteiger partial charge in [-0.2, -0.15) is 4.98 Å². The Morgan fingerprint density at radius 1 is 1.12 bits per heavy atom. The second kappa shape index (κ2) is 4.82. The Labute approximate surface area is 100 Å². The van der Waals surface area contributed by atoms with E-state index in [0.29, 0.717) is 17.5 Å². The largest absolute Gasteiger partial charge is 0.475 e. The van der Waals surface area contributed by atoms with Gasteiger partial charge in [-0.1, -0.05) is 30.3 Å². The van der Waals surface area contributed by atoms with Crippen LogP contribution in [0.4, 0.5) is 5.82 Å². The monoisotopic (exact) mass is 229 g/mol. The van der Waals surface area contributed by atoms with Gasteiger partial charge >= 0.3 is 0 Å². The summed E-state index contributed by atoms with van der Waals surface area (Å²) in [5.74, 6) is 1.50. The number of anilines is 1. The lowest BCUT2D eigenvalue weighted by atomic mass is 10.2. The van der Waals surface area contributed by atoms with Crippen molar-refractivity contribution in [3.8, 4) is 17.3 Å². The Balaban J connectivity index is 2.38. The molecule has 88 valence electrons. The molecule has 0 saturated carbocycles. The van der Waals surface area contributed by atoms with Gasteiger partial charge in [0.05, 0.1) is 6.10 Å². The van der Waals surface area contributed by atoms with E-state index >= 15 is 0 Å². The fraction of sp³-hybridized carbons (Fsp3) is 0.231. The molecule has 0 spiro atoms. The van der Waals surface area contributed by atoms with Crippen LogP contribution in [0.2, 0.25) is 0 Å². The average molecular weight is 229 g/mol. The van der Waals surface area contributed by atoms with E-state index < -0.39 is 0 Å². The minimum absolute atomic E-state index is 0.0629. The van der Waals surface area contributed by atoms with E-state index in [1.807, 2.05) is 44.2 Å². The van der Waals surface area contributed by atoms with E-state index in [-0.39, 0.29) is 6.10 Å². The molecule has 0 fully saturated rings. The molecule has 2 aromatic rings. The van der Waals surface area contributed by atoms with Crippen LogP contribution in [0.15, 0.2) is 36.4 Å². The van der Waals surface area contributed by atoms with Crippen molar-refractivity contribution in [1.82, 2.24) is 9.97 Å². The SMILES string of the molecule is CC(C)Oc1cc(N)nc(-c2ccccc2)n1. The van der Waals surface area contributed by atoms with Crippen LogP contribution in [0.3, 0.4) is 0 Å². The molecule has 0 aliphatic carbocycles. The van der Waals surface area contributed by atoms with Crippen LogP contribution in [-0.2, 0) is 0 Å². The van der Waals surface area contributed by atoms with E-state index in [0.717, 1.165) is 5.56 Å². The first-order chi connectivity index (χ1) is 8.15. The number of benzene rings is 1. The fourth-order valence-corrected chi connectivity index (χ4v) is 1.46. The Morgan fingerprint density at radius 2 is 1.82 bits per heavy atom. The molecule has 1 aromatic carbocycles. The van der Waals surface area contributed by atoms with Gasteiger partial charge in [-0.3, -0.25) is 0 Å². The first-order valence-corrected chi connectivity index (χ1v) is 5.52. The fourth-order valence-electron chi connectivity index (χ4n) is 1.46. The lowest BCUT2D eigenvalue weighted by molar-refractivity contribution is 0.233. The molecule has 4 heteroatoms. The molecule has 2 N–H and O–H groups in total. The maximum absolute atomic E-state index is 5.74. The molecule has 4 nitrogen and oxygen atoms in total. The number of rotatable bonds is 3. The summed E-state index contributed by atoms with van der Waals surface area (Å²) in [6.45, 7) is 3.89. The standard InChI is InChI=1S/C13H15N3O/c1-9(2)17-12-8-11(14)15-13(16-12)10-6-4-3-5-7-10/h3-9H,1-2H3,(H2,14,15,16). The maximum Gasteiger partial charge on any atom is 0.219 e. The van der Waals surface area contributed by atoms with Crippen molar-refractivity contribution in [3.63, 3.8) is 0 Å². The first-order valence-electron chi connectivity index (χ1n) is 5.52. The predicted octanol–water partition coefficient (Wildman–Crippen LogP) is 2.51. The second-order valence-electron chi connectivity index (χ2n) is 3.99. The zero-order valence-electron chi connectivity index (χ0n) is 9.92. The number of ether oxygens (including phenoxy) is 1. The number of nitrogens with two attached hydrogens (primary N) is 1. The summed E-state index contributed by atoms with van der Waals surface area (Å²) < 4.78 is 5.53. The van der Waals surface area contributed by atoms with Crippen molar-refractivity contribution in [2.24, 2.45) is 0 Å². The first kappa shape index (κ1) is 11.4. The molecule has 0 bridgehead atoms. The third-order valence-corrected chi connectivity index (χ3v) is 2.11. The van der Waals surface area contributed by atoms with Crippen LogP contribution in [0.25, 0.3) is 11.4 Å². The maximum atomic E-state index is 5.74. The number of hydrogen-bond donors (Lipinski definition) is 1. The normalized spacial score (nSPS) is 10.5. The van der Waals surface area contributed by atoms with Crippen LogP contribution >= 0.6 is 0 Å². The smallest absolute Gasteiger partial charge is 0.219 e. The molecule has 0 saturated heterocycles. The Hall–Kier alpha value is -2.10. The summed E-state index contributed by atoms with van der Waals surface area (Å²) in [6.07, 6.45) is 0.0629. The molecular formula is C13H15N3O. The molecule has 0 amide bonds. The van der Waals surface area contributed by atoms with Crippen LogP contribution < -0.4 is 10.5 Å². The van der Waals surface area contributed by atoms with Crippen LogP contribution in [0.1, 0.15) is 13.8 Å². The van der Waals surface area contributed by atoms with Gasteiger partial charge in [0, 0.05) is 11.6 Å². The third kappa shape index (κ3) is 2.93. The van der Waals surface area contributed by atoms with E-state index in [4.69, 9.17) is 10.5 Å². The number of aromatic nitrogens is 2. The number of nitrogens with zero attached hydrogens (tertiary/aromatic N) is 2. The summed E-state index contributed by atoms with van der Waals surface area (Å²) in [5.41, 5.74) is 6.67. The molecule has 0 radical (unpaired) electrons. The third-order valence-electron chi connectivity index (χ3n) is 2.11. The lowest BCUT2D eigenvalue weighted by Crippen LogP contribution is -2.08. The van der Waals surface area contributed by atoms with Crippen LogP contribution in [0, 0.1) is 0 Å². The molecule has 1 aromatic heterocycles. The summed E-state index contributed by atoms with van der Waals surface area (Å²) in [4.78, 5) is 8.53. The highest BCUT2D eigenvalue weighted by Gasteiger charge is 2.06. The average Bonchev–Trinajstić information content (AvgIpc) is 2.28. The van der Waals surface area contributed by atoms with Crippen molar-refractivity contribution in [2.75, 3.05) is 5.73 Å². The topological polar surface area (TPSA) is 61.0 Å². The quantitative estimate of drug-likeness (QED) is 0.878. The van der Waals surface area contributed by atoms with Crippen LogP contribution in [0.5, 0.6) is 5.88 Å². The Morgan fingerprint density at radius 3 is 2.47 bits per heavy atom. The van der Waals surface area contributed by atoms with E-state index in [2.05, 4.69) is 9.97 Å².